The van der Waals surface area contributed by atoms with Crippen LogP contribution in [0.15, 0.2) is 48.5 Å². The van der Waals surface area contributed by atoms with Gasteiger partial charge in [-0.1, -0.05) is 11.6 Å². The van der Waals surface area contributed by atoms with Gasteiger partial charge in [0, 0.05) is 17.6 Å². The Hall–Kier alpha value is -2.25. The molecule has 2 aromatic rings. The van der Waals surface area contributed by atoms with E-state index in [-0.39, 0.29) is 5.91 Å². The van der Waals surface area contributed by atoms with Crippen LogP contribution in [0.4, 0.5) is 5.69 Å². The maximum atomic E-state index is 12.1. The van der Waals surface area contributed by atoms with Gasteiger partial charge < -0.3 is 10.1 Å². The summed E-state index contributed by atoms with van der Waals surface area (Å²) in [5.41, 5.74) is 0.933. The minimum absolute atomic E-state index is 0.256. The van der Waals surface area contributed by atoms with Gasteiger partial charge in [0.25, 0.3) is 5.91 Å². The molecule has 0 unspecified atom stereocenters. The highest BCUT2D eigenvalue weighted by Gasteiger charge is 2.12. The highest BCUT2D eigenvalue weighted by atomic mass is 35.5. The number of halogens is 1. The minimum atomic E-state index is -3.33. The molecule has 0 aromatic heterocycles. The summed E-state index contributed by atoms with van der Waals surface area (Å²) >= 11 is 5.79. The maximum absolute atomic E-state index is 12.1. The zero-order valence-corrected chi connectivity index (χ0v) is 15.5. The van der Waals surface area contributed by atoms with E-state index in [1.165, 1.54) is 7.05 Å². The number of nitrogens with zero attached hydrogens (tertiary/aromatic N) is 1. The van der Waals surface area contributed by atoms with Crippen LogP contribution in [0.1, 0.15) is 10.4 Å². The monoisotopic (exact) mass is 382 g/mol. The zero-order chi connectivity index (χ0) is 18.4. The second kappa shape index (κ2) is 8.22. The number of hydrogen-bond donors (Lipinski definition) is 1. The molecule has 0 saturated heterocycles. The van der Waals surface area contributed by atoms with Crippen molar-refractivity contribution in [1.29, 1.82) is 0 Å². The molecule has 0 bridgehead atoms. The second-order valence-corrected chi connectivity index (χ2v) is 7.79. The lowest BCUT2D eigenvalue weighted by atomic mass is 10.2. The van der Waals surface area contributed by atoms with Crippen LogP contribution in [0.25, 0.3) is 0 Å². The number of benzene rings is 2. The molecule has 0 atom stereocenters. The Morgan fingerprint density at radius 1 is 1.12 bits per heavy atom. The van der Waals surface area contributed by atoms with E-state index in [1.54, 1.807) is 48.5 Å². The number of sulfonamides is 1. The standard InChI is InChI=1S/C17H19ClN2O4S/c1-20(25(2,22)23)15-7-3-13(4-8-15)17(21)19-11-12-24-16-9-5-14(18)6-10-16/h3-10H,11-12H2,1-2H3,(H,19,21). The fourth-order valence-corrected chi connectivity index (χ4v) is 2.61. The Labute approximate surface area is 152 Å². The molecule has 2 aromatic carbocycles. The van der Waals surface area contributed by atoms with Crippen LogP contribution >= 0.6 is 11.6 Å². The SMILES string of the molecule is CN(c1ccc(C(=O)NCCOc2ccc(Cl)cc2)cc1)S(C)(=O)=O. The molecule has 0 aliphatic heterocycles. The molecule has 0 aliphatic carbocycles. The van der Waals surface area contributed by atoms with Crippen molar-refractivity contribution < 1.29 is 17.9 Å². The van der Waals surface area contributed by atoms with Gasteiger partial charge in [-0.15, -0.1) is 0 Å². The molecule has 8 heteroatoms. The van der Waals surface area contributed by atoms with Gasteiger partial charge in [0.1, 0.15) is 12.4 Å². The summed E-state index contributed by atoms with van der Waals surface area (Å²) < 4.78 is 29.6. The summed E-state index contributed by atoms with van der Waals surface area (Å²) in [5.74, 6) is 0.417. The van der Waals surface area contributed by atoms with E-state index in [0.717, 1.165) is 10.6 Å². The van der Waals surface area contributed by atoms with Crippen LogP contribution in [0, 0.1) is 0 Å². The first kappa shape index (κ1) is 19.1. The molecular formula is C17H19ClN2O4S. The molecule has 0 fully saturated rings. The Morgan fingerprint density at radius 3 is 2.28 bits per heavy atom. The number of nitrogens with one attached hydrogen (secondary N) is 1. The van der Waals surface area contributed by atoms with Gasteiger partial charge in [-0.3, -0.25) is 9.10 Å². The minimum Gasteiger partial charge on any atom is -0.492 e. The van der Waals surface area contributed by atoms with Gasteiger partial charge in [0.05, 0.1) is 18.5 Å². The number of amides is 1. The van der Waals surface area contributed by atoms with Crippen molar-refractivity contribution in [2.45, 2.75) is 0 Å². The van der Waals surface area contributed by atoms with Crippen molar-refractivity contribution in [2.24, 2.45) is 0 Å². The number of carbonyl (C=O) groups excluding carboxylic acids is 1. The van der Waals surface area contributed by atoms with Gasteiger partial charge in [-0.25, -0.2) is 8.42 Å². The number of rotatable bonds is 7. The summed E-state index contributed by atoms with van der Waals surface area (Å²) in [7, 11) is -1.87. The van der Waals surface area contributed by atoms with Gasteiger partial charge in [-0.2, -0.15) is 0 Å². The average molecular weight is 383 g/mol. The first-order valence-electron chi connectivity index (χ1n) is 7.48. The zero-order valence-electron chi connectivity index (χ0n) is 13.9. The molecular weight excluding hydrogens is 364 g/mol. The van der Waals surface area contributed by atoms with E-state index in [4.69, 9.17) is 16.3 Å². The van der Waals surface area contributed by atoms with Gasteiger partial charge in [0.2, 0.25) is 10.0 Å². The lowest BCUT2D eigenvalue weighted by Crippen LogP contribution is -2.28. The molecule has 25 heavy (non-hydrogen) atoms. The molecule has 6 nitrogen and oxygen atoms in total. The summed E-state index contributed by atoms with van der Waals surface area (Å²) in [6.07, 6.45) is 1.12. The van der Waals surface area contributed by atoms with Crippen molar-refractivity contribution in [3.8, 4) is 5.75 Å². The van der Waals surface area contributed by atoms with E-state index in [0.29, 0.717) is 35.2 Å². The Bertz CT molecular complexity index is 821. The van der Waals surface area contributed by atoms with E-state index in [1.807, 2.05) is 0 Å². The van der Waals surface area contributed by atoms with Crippen molar-refractivity contribution in [2.75, 3.05) is 30.8 Å². The van der Waals surface area contributed by atoms with Gasteiger partial charge in [-0.05, 0) is 48.5 Å². The molecule has 1 amide bonds. The fraction of sp³-hybridized carbons (Fsp3) is 0.235. The van der Waals surface area contributed by atoms with Crippen molar-refractivity contribution in [1.82, 2.24) is 5.32 Å². The molecule has 134 valence electrons. The van der Waals surface area contributed by atoms with Crippen LogP contribution in [0.3, 0.4) is 0 Å². The fourth-order valence-electron chi connectivity index (χ4n) is 1.98. The second-order valence-electron chi connectivity index (χ2n) is 5.34. The molecule has 0 heterocycles. The molecule has 1 N–H and O–H groups in total. The normalized spacial score (nSPS) is 11.0. The van der Waals surface area contributed by atoms with Crippen LogP contribution < -0.4 is 14.4 Å². The third-order valence-electron chi connectivity index (χ3n) is 3.46. The molecule has 0 radical (unpaired) electrons. The molecule has 0 saturated carbocycles. The number of carbonyl (C=O) groups is 1. The van der Waals surface area contributed by atoms with E-state index in [9.17, 15) is 13.2 Å². The predicted octanol–water partition coefficient (Wildman–Crippen LogP) is 2.54. The maximum Gasteiger partial charge on any atom is 0.251 e. The van der Waals surface area contributed by atoms with E-state index in [2.05, 4.69) is 5.32 Å². The largest absolute Gasteiger partial charge is 0.492 e. The van der Waals surface area contributed by atoms with Gasteiger partial charge in [0.15, 0.2) is 0 Å². The van der Waals surface area contributed by atoms with Crippen LogP contribution in [-0.2, 0) is 10.0 Å². The first-order valence-corrected chi connectivity index (χ1v) is 9.70. The first-order chi connectivity index (χ1) is 11.8. The predicted molar refractivity (Wildman–Crippen MR) is 99.0 cm³/mol. The summed E-state index contributed by atoms with van der Waals surface area (Å²) in [4.78, 5) is 12.1. The number of ether oxygens (including phenoxy) is 1. The topological polar surface area (TPSA) is 75.7 Å². The lowest BCUT2D eigenvalue weighted by molar-refractivity contribution is 0.0947. The van der Waals surface area contributed by atoms with Crippen molar-refractivity contribution in [3.63, 3.8) is 0 Å². The Balaban J connectivity index is 1.83. The third kappa shape index (κ3) is 5.65. The van der Waals surface area contributed by atoms with Crippen molar-refractivity contribution in [3.05, 3.63) is 59.1 Å². The third-order valence-corrected chi connectivity index (χ3v) is 4.92. The highest BCUT2D eigenvalue weighted by molar-refractivity contribution is 7.92. The molecule has 2 rings (SSSR count). The summed E-state index contributed by atoms with van der Waals surface area (Å²) in [5, 5.41) is 3.37. The Kier molecular flexibility index (Phi) is 6.27. The summed E-state index contributed by atoms with van der Waals surface area (Å²) in [6, 6.07) is 13.3. The van der Waals surface area contributed by atoms with Crippen LogP contribution in [0.5, 0.6) is 5.75 Å². The van der Waals surface area contributed by atoms with Crippen molar-refractivity contribution >= 4 is 33.2 Å². The molecule has 0 spiro atoms. The average Bonchev–Trinajstić information content (AvgIpc) is 2.58. The molecule has 0 aliphatic rings. The Morgan fingerprint density at radius 2 is 1.72 bits per heavy atom. The van der Waals surface area contributed by atoms with E-state index >= 15 is 0 Å². The van der Waals surface area contributed by atoms with E-state index < -0.39 is 10.0 Å². The smallest absolute Gasteiger partial charge is 0.251 e. The lowest BCUT2D eigenvalue weighted by Gasteiger charge is -2.16. The van der Waals surface area contributed by atoms with Crippen LogP contribution in [0.2, 0.25) is 5.02 Å². The van der Waals surface area contributed by atoms with Gasteiger partial charge >= 0.3 is 0 Å². The van der Waals surface area contributed by atoms with Crippen LogP contribution in [-0.4, -0.2) is 40.8 Å². The highest BCUT2D eigenvalue weighted by Crippen LogP contribution is 2.17. The quantitative estimate of drug-likeness (QED) is 0.746. The summed E-state index contributed by atoms with van der Waals surface area (Å²) in [6.45, 7) is 0.661. The number of hydrogen-bond acceptors (Lipinski definition) is 4. The number of anilines is 1.